The first-order valence-corrected chi connectivity index (χ1v) is 18.6. The van der Waals surface area contributed by atoms with E-state index in [0.717, 1.165) is 29.0 Å². The fraction of sp³-hybridized carbons (Fsp3) is 0.607. The van der Waals surface area contributed by atoms with Crippen LogP contribution in [0.1, 0.15) is 72.0 Å². The van der Waals surface area contributed by atoms with Crippen LogP contribution in [0.25, 0.3) is 0 Å². The van der Waals surface area contributed by atoms with E-state index < -0.39 is 63.5 Å². The number of aromatic amines is 1. The zero-order valence-corrected chi connectivity index (χ0v) is 28.1. The van der Waals surface area contributed by atoms with Crippen molar-refractivity contribution in [2.24, 2.45) is 0 Å². The number of hydrogen-bond acceptors (Lipinski definition) is 11. The number of hydrogen-bond donors (Lipinski definition) is 2. The number of nitrogens with one attached hydrogen (secondary N) is 1. The van der Waals surface area contributed by atoms with Crippen LogP contribution in [0.3, 0.4) is 0 Å². The van der Waals surface area contributed by atoms with Crippen molar-refractivity contribution in [3.63, 3.8) is 0 Å². The number of nitro benzene ring substituents is 1. The first-order chi connectivity index (χ1) is 20.5. The van der Waals surface area contributed by atoms with Crippen LogP contribution in [-0.4, -0.2) is 67.3 Å². The molecule has 242 valence electrons. The smallest absolute Gasteiger partial charge is 0.340 e. The van der Waals surface area contributed by atoms with Gasteiger partial charge in [0.25, 0.3) is 17.0 Å². The van der Waals surface area contributed by atoms with Crippen molar-refractivity contribution in [3.05, 3.63) is 73.0 Å². The fourth-order valence-corrected chi connectivity index (χ4v) is 17.3. The van der Waals surface area contributed by atoms with Crippen LogP contribution >= 0.6 is 0 Å². The monoisotopic (exact) mass is 651 g/mol. The average Bonchev–Trinajstić information content (AvgIpc) is 3.17. The maximum absolute atomic E-state index is 13.5. The highest BCUT2D eigenvalue weighted by Gasteiger charge is 2.68. The van der Waals surface area contributed by atoms with Gasteiger partial charge in [0, 0.05) is 24.4 Å². The van der Waals surface area contributed by atoms with Crippen molar-refractivity contribution < 1.29 is 37.3 Å². The maximum atomic E-state index is 13.5. The summed E-state index contributed by atoms with van der Waals surface area (Å²) in [5.41, 5.74) is -2.20. The van der Waals surface area contributed by atoms with Gasteiger partial charge in [-0.2, -0.15) is 0 Å². The predicted molar refractivity (Wildman–Crippen MR) is 163 cm³/mol. The van der Waals surface area contributed by atoms with Crippen molar-refractivity contribution in [1.82, 2.24) is 9.55 Å². The highest BCUT2D eigenvalue weighted by atomic mass is 28.5. The third kappa shape index (κ3) is 5.87. The molecule has 0 spiro atoms. The molecule has 1 aromatic heterocycles. The Balaban J connectivity index is 1.88. The lowest BCUT2D eigenvalue weighted by molar-refractivity contribution is -0.384. The zero-order valence-electron chi connectivity index (χ0n) is 26.1. The third-order valence-electron chi connectivity index (χ3n) is 8.40. The molecule has 0 unspecified atom stereocenters. The Kier molecular flexibility index (Phi) is 9.56. The van der Waals surface area contributed by atoms with Crippen LogP contribution in [0.15, 0.2) is 46.1 Å². The van der Waals surface area contributed by atoms with Crippen molar-refractivity contribution in [2.75, 3.05) is 6.61 Å². The lowest BCUT2D eigenvalue weighted by Crippen LogP contribution is -2.67. The van der Waals surface area contributed by atoms with E-state index in [9.17, 15) is 29.6 Å². The minimum atomic E-state index is -3.37. The summed E-state index contributed by atoms with van der Waals surface area (Å²) in [6, 6.07) is 5.71. The van der Waals surface area contributed by atoms with E-state index >= 15 is 0 Å². The number of H-pyrrole nitrogens is 1. The van der Waals surface area contributed by atoms with Gasteiger partial charge in [-0.25, -0.2) is 9.59 Å². The minimum Gasteiger partial charge on any atom is -0.422 e. The van der Waals surface area contributed by atoms with Gasteiger partial charge in [0.15, 0.2) is 0 Å². The second kappa shape index (κ2) is 12.4. The first-order valence-electron chi connectivity index (χ1n) is 14.7. The summed E-state index contributed by atoms with van der Waals surface area (Å²) in [4.78, 5) is 51.0. The van der Waals surface area contributed by atoms with Crippen molar-refractivity contribution in [3.8, 4) is 0 Å². The highest BCUT2D eigenvalue weighted by Crippen LogP contribution is 2.51. The number of aliphatic hydroxyl groups is 1. The van der Waals surface area contributed by atoms with Gasteiger partial charge in [0.1, 0.15) is 12.2 Å². The lowest BCUT2D eigenvalue weighted by atomic mass is 10.1. The van der Waals surface area contributed by atoms with Gasteiger partial charge < -0.3 is 27.5 Å². The Hall–Kier alpha value is -3.00. The number of ether oxygens (including phenoxy) is 2. The van der Waals surface area contributed by atoms with Gasteiger partial charge in [-0.1, -0.05) is 55.4 Å². The highest BCUT2D eigenvalue weighted by molar-refractivity contribution is 6.84. The number of carbonyl (C=O) groups is 1. The van der Waals surface area contributed by atoms with E-state index in [1.165, 1.54) is 12.1 Å². The molecule has 0 amide bonds. The average molecular weight is 652 g/mol. The normalized spacial score (nSPS) is 26.4. The molecule has 2 saturated heterocycles. The molecule has 0 aliphatic carbocycles. The van der Waals surface area contributed by atoms with E-state index in [1.807, 2.05) is 55.4 Å². The Morgan fingerprint density at radius 1 is 1.02 bits per heavy atom. The largest absolute Gasteiger partial charge is 0.422 e. The van der Waals surface area contributed by atoms with E-state index in [0.29, 0.717) is 0 Å². The second-order valence-corrected chi connectivity index (χ2v) is 21.3. The molecule has 44 heavy (non-hydrogen) atoms. The molecular formula is C28H41N3O11Si2. The molecule has 3 heterocycles. The van der Waals surface area contributed by atoms with Crippen LogP contribution in [0.2, 0.25) is 22.2 Å². The van der Waals surface area contributed by atoms with E-state index in [-0.39, 0.29) is 40.0 Å². The Labute approximate surface area is 256 Å². The topological polar surface area (TPSA) is 181 Å². The zero-order chi connectivity index (χ0) is 32.8. The summed E-state index contributed by atoms with van der Waals surface area (Å²) in [6.45, 7) is 16.0. The molecule has 4 rings (SSSR count). The molecule has 16 heteroatoms. The summed E-state index contributed by atoms with van der Waals surface area (Å²) in [5.74, 6) is -3.67. The van der Waals surface area contributed by atoms with Crippen LogP contribution in [-0.2, 0) is 22.4 Å². The number of benzene rings is 1. The Bertz CT molecular complexity index is 1470. The molecule has 2 aliphatic heterocycles. The SMILES string of the molecule is CC(C)[Si]1(C(C)C)OC[C@H]2O[C@@H](n3ccc(=O)[nH]c3=O)[C@@](O)(OC(=O)c3ccc([N+](=O)[O-])cc3)[C@@H]2O[Si](C(C)C)(C(C)C)O1. The van der Waals surface area contributed by atoms with Crippen LogP contribution < -0.4 is 11.2 Å². The predicted octanol–water partition coefficient (Wildman–Crippen LogP) is 3.84. The van der Waals surface area contributed by atoms with Gasteiger partial charge in [0.05, 0.1) is 17.1 Å². The van der Waals surface area contributed by atoms with Crippen LogP contribution in [0.5, 0.6) is 0 Å². The van der Waals surface area contributed by atoms with Gasteiger partial charge >= 0.3 is 28.8 Å². The Morgan fingerprint density at radius 3 is 2.09 bits per heavy atom. The maximum Gasteiger partial charge on any atom is 0.340 e. The number of non-ortho nitro benzene ring substituents is 1. The molecule has 2 aromatic rings. The molecular weight excluding hydrogens is 610 g/mol. The molecule has 4 atom stereocenters. The standard InChI is InChI=1S/C28H41N3O11Si2/c1-16(2)43(17(3)4)38-15-22-24(41-44(42-43,18(5)6)19(7)8)28(35,26(39-22)30-14-13-23(32)29-27(30)34)40-25(33)20-9-11-21(12-10-20)31(36)37/h9-14,16-19,22,24,26,35H,15H2,1-8H3,(H,29,32,34)/t22-,24-,26-,28+/m1/s1. The summed E-state index contributed by atoms with van der Waals surface area (Å²) < 4.78 is 33.8. The number of fused-ring (bicyclic) bond motifs is 1. The van der Waals surface area contributed by atoms with E-state index in [2.05, 4.69) is 4.98 Å². The second-order valence-electron chi connectivity index (χ2n) is 12.5. The number of carbonyl (C=O) groups excluding carboxylic acids is 1. The molecule has 0 radical (unpaired) electrons. The number of nitrogens with zero attached hydrogens (tertiary/aromatic N) is 2. The lowest BCUT2D eigenvalue weighted by Gasteiger charge is -2.51. The fourth-order valence-electron chi connectivity index (χ4n) is 6.06. The minimum absolute atomic E-state index is 0.0184. The van der Waals surface area contributed by atoms with Crippen molar-refractivity contribution in [1.29, 1.82) is 0 Å². The number of esters is 1. The molecule has 14 nitrogen and oxygen atoms in total. The molecule has 2 aliphatic rings. The quantitative estimate of drug-likeness (QED) is 0.139. The summed E-state index contributed by atoms with van der Waals surface area (Å²) in [6.07, 6.45) is -2.93. The summed E-state index contributed by atoms with van der Waals surface area (Å²) in [5, 5.41) is 23.5. The van der Waals surface area contributed by atoms with Gasteiger partial charge in [-0.15, -0.1) is 0 Å². The molecule has 0 bridgehead atoms. The molecule has 0 saturated carbocycles. The molecule has 1 aromatic carbocycles. The number of aromatic nitrogens is 2. The van der Waals surface area contributed by atoms with E-state index in [1.54, 1.807) is 0 Å². The van der Waals surface area contributed by atoms with Crippen molar-refractivity contribution >= 4 is 28.8 Å². The van der Waals surface area contributed by atoms with Gasteiger partial charge in [0.2, 0.25) is 6.23 Å². The molecule has 2 fully saturated rings. The van der Waals surface area contributed by atoms with Gasteiger partial charge in [-0.05, 0) is 34.3 Å². The molecule has 2 N–H and O–H groups in total. The van der Waals surface area contributed by atoms with Crippen LogP contribution in [0.4, 0.5) is 5.69 Å². The van der Waals surface area contributed by atoms with Crippen LogP contribution in [0, 0.1) is 10.1 Å². The van der Waals surface area contributed by atoms with Crippen molar-refractivity contribution in [2.45, 2.75) is 102 Å². The third-order valence-corrected chi connectivity index (χ3v) is 18.6. The summed E-state index contributed by atoms with van der Waals surface area (Å²) >= 11 is 0. The summed E-state index contributed by atoms with van der Waals surface area (Å²) in [7, 11) is -6.38. The first kappa shape index (κ1) is 33.9. The van der Waals surface area contributed by atoms with Gasteiger partial charge in [-0.3, -0.25) is 24.5 Å². The Morgan fingerprint density at radius 2 is 1.59 bits per heavy atom. The number of nitro groups is 1. The van der Waals surface area contributed by atoms with E-state index in [4.69, 9.17) is 22.4 Å². The number of rotatable bonds is 8.